The maximum atomic E-state index is 13.1. The Morgan fingerprint density at radius 2 is 1.65 bits per heavy atom. The van der Waals surface area contributed by atoms with Crippen LogP contribution in [0.25, 0.3) is 10.9 Å². The van der Waals surface area contributed by atoms with Crippen LogP contribution in [-0.2, 0) is 26.1 Å². The number of hydrogen-bond acceptors (Lipinski definition) is 7. The number of pyridine rings is 1. The molecule has 37 heavy (non-hydrogen) atoms. The minimum absolute atomic E-state index is 0.0966. The summed E-state index contributed by atoms with van der Waals surface area (Å²) in [4.78, 5) is 21.0. The second-order valence-corrected chi connectivity index (χ2v) is 11.3. The van der Waals surface area contributed by atoms with Gasteiger partial charge in [-0.25, -0.2) is 13.4 Å². The third-order valence-electron chi connectivity index (χ3n) is 6.16. The number of aryl methyl sites for hydroxylation is 2. The largest absolute Gasteiger partial charge is 0.497 e. The molecule has 9 nitrogen and oxygen atoms in total. The lowest BCUT2D eigenvalue weighted by atomic mass is 10.1. The van der Waals surface area contributed by atoms with Crippen molar-refractivity contribution in [3.8, 4) is 5.75 Å². The van der Waals surface area contributed by atoms with Crippen molar-refractivity contribution in [2.45, 2.75) is 25.3 Å². The third kappa shape index (κ3) is 6.76. The van der Waals surface area contributed by atoms with E-state index < -0.39 is 10.0 Å². The van der Waals surface area contributed by atoms with Gasteiger partial charge in [-0.15, -0.1) is 0 Å². The van der Waals surface area contributed by atoms with Gasteiger partial charge in [0.1, 0.15) is 18.2 Å². The summed E-state index contributed by atoms with van der Waals surface area (Å²) in [7, 11) is 4.95. The number of methoxy groups -OCH3 is 1. The van der Waals surface area contributed by atoms with Crippen LogP contribution in [0.4, 0.5) is 5.82 Å². The molecule has 1 amide bonds. The Morgan fingerprint density at radius 3 is 2.27 bits per heavy atom. The Labute approximate surface area is 219 Å². The Kier molecular flexibility index (Phi) is 9.12. The summed E-state index contributed by atoms with van der Waals surface area (Å²) in [5.41, 5.74) is 3.11. The van der Waals surface area contributed by atoms with Gasteiger partial charge in [0.2, 0.25) is 15.9 Å². The van der Waals surface area contributed by atoms with E-state index in [-0.39, 0.29) is 30.6 Å². The van der Waals surface area contributed by atoms with Gasteiger partial charge in [-0.05, 0) is 66.9 Å². The fourth-order valence-electron chi connectivity index (χ4n) is 4.05. The predicted molar refractivity (Wildman–Crippen MR) is 146 cm³/mol. The van der Waals surface area contributed by atoms with Crippen LogP contribution in [0.3, 0.4) is 0 Å². The van der Waals surface area contributed by atoms with Gasteiger partial charge in [-0.2, -0.15) is 4.31 Å². The number of amides is 1. The summed E-state index contributed by atoms with van der Waals surface area (Å²) in [5.74, 6) is 1.31. The molecule has 0 radical (unpaired) electrons. The average molecular weight is 529 g/mol. The minimum Gasteiger partial charge on any atom is -0.497 e. The summed E-state index contributed by atoms with van der Waals surface area (Å²) >= 11 is 0. The first kappa shape index (κ1) is 28.4. The van der Waals surface area contributed by atoms with E-state index in [1.54, 1.807) is 45.0 Å². The fourth-order valence-corrected chi connectivity index (χ4v) is 5.61. The number of carbonyl (C=O) groups excluding carboxylic acids is 1. The first-order valence-electron chi connectivity index (χ1n) is 11.9. The van der Waals surface area contributed by atoms with E-state index in [0.29, 0.717) is 23.4 Å². The van der Waals surface area contributed by atoms with Gasteiger partial charge < -0.3 is 19.3 Å². The Balaban J connectivity index is 1.52. The zero-order chi connectivity index (χ0) is 27.3. The molecule has 0 atom stereocenters. The van der Waals surface area contributed by atoms with Crippen molar-refractivity contribution in [1.82, 2.24) is 14.2 Å². The van der Waals surface area contributed by atoms with E-state index in [2.05, 4.69) is 4.98 Å². The van der Waals surface area contributed by atoms with Crippen LogP contribution in [0.15, 0.2) is 47.4 Å². The summed E-state index contributed by atoms with van der Waals surface area (Å²) in [6.07, 6.45) is 0. The van der Waals surface area contributed by atoms with Crippen molar-refractivity contribution >= 4 is 32.7 Å². The standard InChI is InChI=1S/C27H36N4O5S/c1-19-14-23(35-7)15-20(2)27(19)37(33,34)31(6)12-13-36-18-26(32)30(5)17-21-8-10-24-22(16-21)9-11-25(28-24)29(3)4/h8-11,14-16H,12-13,17-18H2,1-7H3. The number of benzene rings is 2. The number of ether oxygens (including phenoxy) is 2. The Bertz CT molecular complexity index is 1350. The quantitative estimate of drug-likeness (QED) is 0.353. The fraction of sp³-hybridized carbons (Fsp3) is 0.407. The van der Waals surface area contributed by atoms with Crippen LogP contribution in [0, 0.1) is 13.8 Å². The highest BCUT2D eigenvalue weighted by Crippen LogP contribution is 2.27. The van der Waals surface area contributed by atoms with Gasteiger partial charge in [-0.1, -0.05) is 6.07 Å². The molecule has 0 spiro atoms. The molecule has 0 N–H and O–H groups in total. The first-order valence-corrected chi connectivity index (χ1v) is 13.4. The topological polar surface area (TPSA) is 92.3 Å². The second kappa shape index (κ2) is 11.9. The molecule has 0 saturated heterocycles. The van der Waals surface area contributed by atoms with Gasteiger partial charge >= 0.3 is 0 Å². The molecule has 1 heterocycles. The molecular formula is C27H36N4O5S. The van der Waals surface area contributed by atoms with Crippen LogP contribution in [0.1, 0.15) is 16.7 Å². The zero-order valence-electron chi connectivity index (χ0n) is 22.6. The van der Waals surface area contributed by atoms with E-state index in [0.717, 1.165) is 22.3 Å². The monoisotopic (exact) mass is 528 g/mol. The van der Waals surface area contributed by atoms with Crippen molar-refractivity contribution in [3.05, 3.63) is 59.2 Å². The molecule has 200 valence electrons. The molecule has 0 aliphatic rings. The third-order valence-corrected chi connectivity index (χ3v) is 8.32. The molecule has 3 rings (SSSR count). The number of anilines is 1. The van der Waals surface area contributed by atoms with Crippen molar-refractivity contribution in [3.63, 3.8) is 0 Å². The van der Waals surface area contributed by atoms with Crippen LogP contribution in [-0.4, -0.2) is 83.6 Å². The van der Waals surface area contributed by atoms with E-state index >= 15 is 0 Å². The molecule has 0 aliphatic carbocycles. The molecule has 0 saturated carbocycles. The highest BCUT2D eigenvalue weighted by molar-refractivity contribution is 7.89. The van der Waals surface area contributed by atoms with Gasteiger partial charge in [0.15, 0.2) is 0 Å². The van der Waals surface area contributed by atoms with Crippen molar-refractivity contribution in [1.29, 1.82) is 0 Å². The lowest BCUT2D eigenvalue weighted by Gasteiger charge is -2.21. The van der Waals surface area contributed by atoms with Gasteiger partial charge in [-0.3, -0.25) is 4.79 Å². The number of likely N-dealkylation sites (N-methyl/N-ethyl adjacent to an activating group) is 2. The van der Waals surface area contributed by atoms with E-state index in [9.17, 15) is 13.2 Å². The summed E-state index contributed by atoms with van der Waals surface area (Å²) in [6, 6.07) is 13.3. The van der Waals surface area contributed by atoms with Gasteiger partial charge in [0, 0.05) is 46.7 Å². The number of carbonyl (C=O) groups is 1. The number of hydrogen-bond donors (Lipinski definition) is 0. The second-order valence-electron chi connectivity index (χ2n) is 9.31. The molecular weight excluding hydrogens is 492 g/mol. The van der Waals surface area contributed by atoms with Gasteiger partial charge in [0.05, 0.1) is 24.1 Å². The molecule has 2 aromatic carbocycles. The maximum absolute atomic E-state index is 13.1. The Hall–Kier alpha value is -3.21. The maximum Gasteiger partial charge on any atom is 0.248 e. The highest BCUT2D eigenvalue weighted by atomic mass is 32.2. The highest BCUT2D eigenvalue weighted by Gasteiger charge is 2.25. The van der Waals surface area contributed by atoms with Gasteiger partial charge in [0.25, 0.3) is 0 Å². The molecule has 0 aliphatic heterocycles. The summed E-state index contributed by atoms with van der Waals surface area (Å²) in [5, 5.41) is 1.01. The first-order chi connectivity index (χ1) is 17.4. The van der Waals surface area contributed by atoms with E-state index in [1.165, 1.54) is 11.4 Å². The van der Waals surface area contributed by atoms with Crippen LogP contribution in [0.2, 0.25) is 0 Å². The van der Waals surface area contributed by atoms with Crippen LogP contribution < -0.4 is 9.64 Å². The lowest BCUT2D eigenvalue weighted by molar-refractivity contribution is -0.135. The average Bonchev–Trinajstić information content (AvgIpc) is 2.85. The van der Waals surface area contributed by atoms with E-state index in [4.69, 9.17) is 9.47 Å². The normalized spacial score (nSPS) is 11.7. The summed E-state index contributed by atoms with van der Waals surface area (Å²) in [6.45, 7) is 4.00. The Morgan fingerprint density at radius 1 is 0.973 bits per heavy atom. The number of sulfonamides is 1. The summed E-state index contributed by atoms with van der Waals surface area (Å²) < 4.78 is 38.2. The molecule has 1 aromatic heterocycles. The molecule has 10 heteroatoms. The van der Waals surface area contributed by atoms with Crippen LogP contribution in [0.5, 0.6) is 5.75 Å². The SMILES string of the molecule is COc1cc(C)c(S(=O)(=O)N(C)CCOCC(=O)N(C)Cc2ccc3nc(N(C)C)ccc3c2)c(C)c1. The minimum atomic E-state index is -3.71. The molecule has 0 unspecified atom stereocenters. The van der Waals surface area contributed by atoms with Crippen molar-refractivity contribution < 1.29 is 22.7 Å². The predicted octanol–water partition coefficient (Wildman–Crippen LogP) is 3.22. The van der Waals surface area contributed by atoms with Crippen molar-refractivity contribution in [2.75, 3.05) is 60.0 Å². The van der Waals surface area contributed by atoms with Crippen LogP contribution >= 0.6 is 0 Å². The number of aromatic nitrogens is 1. The lowest BCUT2D eigenvalue weighted by Crippen LogP contribution is -2.33. The molecule has 0 bridgehead atoms. The number of fused-ring (bicyclic) bond motifs is 1. The van der Waals surface area contributed by atoms with E-state index in [1.807, 2.05) is 49.3 Å². The van der Waals surface area contributed by atoms with Crippen molar-refractivity contribution in [2.24, 2.45) is 0 Å². The molecule has 3 aromatic rings. The molecule has 0 fully saturated rings. The number of rotatable bonds is 11. The zero-order valence-corrected chi connectivity index (χ0v) is 23.4. The number of nitrogens with zero attached hydrogens (tertiary/aromatic N) is 4. The smallest absolute Gasteiger partial charge is 0.248 e.